The van der Waals surface area contributed by atoms with Crippen molar-refractivity contribution in [1.82, 2.24) is 19.9 Å². The highest BCUT2D eigenvalue weighted by Crippen LogP contribution is 2.17. The van der Waals surface area contributed by atoms with Crippen molar-refractivity contribution >= 4 is 5.97 Å². The zero-order valence-electron chi connectivity index (χ0n) is 10.9. The van der Waals surface area contributed by atoms with E-state index in [2.05, 4.69) is 15.2 Å². The Hall–Kier alpha value is -2.22. The fourth-order valence-corrected chi connectivity index (χ4v) is 1.52. The zero-order valence-corrected chi connectivity index (χ0v) is 10.9. The highest BCUT2D eigenvalue weighted by atomic mass is 16.5. The normalized spacial score (nSPS) is 10.7. The van der Waals surface area contributed by atoms with Crippen molar-refractivity contribution in [2.75, 3.05) is 13.7 Å². The van der Waals surface area contributed by atoms with E-state index in [0.717, 1.165) is 0 Å². The first-order valence-electron chi connectivity index (χ1n) is 5.68. The van der Waals surface area contributed by atoms with E-state index in [4.69, 9.17) is 14.0 Å². The highest BCUT2D eigenvalue weighted by Gasteiger charge is 2.19. The maximum atomic E-state index is 11.5. The van der Waals surface area contributed by atoms with Gasteiger partial charge in [-0.25, -0.2) is 9.48 Å². The fraction of sp³-hybridized carbons (Fsp3) is 0.455. The van der Waals surface area contributed by atoms with Gasteiger partial charge in [0, 0.05) is 20.2 Å². The quantitative estimate of drug-likeness (QED) is 0.739. The van der Waals surface area contributed by atoms with Crippen LogP contribution in [0.15, 0.2) is 10.6 Å². The number of esters is 1. The van der Waals surface area contributed by atoms with Gasteiger partial charge in [0.1, 0.15) is 6.61 Å². The SMILES string of the molecule is CCOC(=O)c1nc(-c2cc(COC)on2)n(C)n1. The van der Waals surface area contributed by atoms with Gasteiger partial charge in [-0.15, -0.1) is 5.10 Å². The van der Waals surface area contributed by atoms with Gasteiger partial charge in [0.2, 0.25) is 0 Å². The lowest BCUT2D eigenvalue weighted by molar-refractivity contribution is 0.0512. The van der Waals surface area contributed by atoms with Crippen LogP contribution < -0.4 is 0 Å². The van der Waals surface area contributed by atoms with Gasteiger partial charge in [-0.2, -0.15) is 4.98 Å². The van der Waals surface area contributed by atoms with Crippen LogP contribution in [0.1, 0.15) is 23.3 Å². The molecule has 8 heteroatoms. The summed E-state index contributed by atoms with van der Waals surface area (Å²) in [6.07, 6.45) is 0. The smallest absolute Gasteiger partial charge is 0.378 e. The predicted molar refractivity (Wildman–Crippen MR) is 63.2 cm³/mol. The molecule has 0 radical (unpaired) electrons. The third kappa shape index (κ3) is 2.79. The van der Waals surface area contributed by atoms with Gasteiger partial charge in [0.25, 0.3) is 5.82 Å². The molecule has 0 atom stereocenters. The first-order valence-corrected chi connectivity index (χ1v) is 5.68. The van der Waals surface area contributed by atoms with Crippen molar-refractivity contribution < 1.29 is 18.8 Å². The Morgan fingerprint density at radius 1 is 1.53 bits per heavy atom. The topological polar surface area (TPSA) is 92.3 Å². The molecule has 2 rings (SSSR count). The summed E-state index contributed by atoms with van der Waals surface area (Å²) in [5.41, 5.74) is 0.484. The van der Waals surface area contributed by atoms with Gasteiger partial charge >= 0.3 is 5.97 Å². The Kier molecular flexibility index (Phi) is 3.91. The van der Waals surface area contributed by atoms with Crippen LogP contribution in [0.25, 0.3) is 11.5 Å². The molecule has 0 aliphatic heterocycles. The lowest BCUT2D eigenvalue weighted by Gasteiger charge is -1.94. The van der Waals surface area contributed by atoms with E-state index in [1.807, 2.05) is 0 Å². The lowest BCUT2D eigenvalue weighted by Crippen LogP contribution is -2.07. The molecule has 2 aromatic rings. The summed E-state index contributed by atoms with van der Waals surface area (Å²) >= 11 is 0. The van der Waals surface area contributed by atoms with Crippen molar-refractivity contribution in [3.05, 3.63) is 17.7 Å². The molecule has 2 heterocycles. The molecule has 0 spiro atoms. The summed E-state index contributed by atoms with van der Waals surface area (Å²) in [4.78, 5) is 15.6. The summed E-state index contributed by atoms with van der Waals surface area (Å²) in [7, 11) is 3.22. The molecule has 0 bridgehead atoms. The first kappa shape index (κ1) is 13.2. The molecule has 0 saturated carbocycles. The summed E-state index contributed by atoms with van der Waals surface area (Å²) in [6.45, 7) is 2.31. The average molecular weight is 266 g/mol. The number of aryl methyl sites for hydroxylation is 1. The van der Waals surface area contributed by atoms with Gasteiger partial charge in [0.15, 0.2) is 17.3 Å². The minimum absolute atomic E-state index is 0.00404. The van der Waals surface area contributed by atoms with Gasteiger partial charge in [-0.1, -0.05) is 5.16 Å². The molecule has 102 valence electrons. The number of methoxy groups -OCH3 is 1. The second-order valence-corrected chi connectivity index (χ2v) is 3.71. The molecule has 0 N–H and O–H groups in total. The second-order valence-electron chi connectivity index (χ2n) is 3.71. The molecule has 19 heavy (non-hydrogen) atoms. The summed E-state index contributed by atoms with van der Waals surface area (Å²) in [6, 6.07) is 1.68. The number of carbonyl (C=O) groups is 1. The van der Waals surface area contributed by atoms with Crippen LogP contribution in [0.2, 0.25) is 0 Å². The molecule has 0 aromatic carbocycles. The van der Waals surface area contributed by atoms with E-state index in [9.17, 15) is 4.79 Å². The largest absolute Gasteiger partial charge is 0.460 e. The van der Waals surface area contributed by atoms with Crippen LogP contribution >= 0.6 is 0 Å². The van der Waals surface area contributed by atoms with E-state index in [1.165, 1.54) is 4.68 Å². The Labute approximate surface area is 109 Å². The van der Waals surface area contributed by atoms with Crippen molar-refractivity contribution in [1.29, 1.82) is 0 Å². The summed E-state index contributed by atoms with van der Waals surface area (Å²) in [5.74, 6) is 0.424. The van der Waals surface area contributed by atoms with Gasteiger partial charge in [-0.3, -0.25) is 0 Å². The summed E-state index contributed by atoms with van der Waals surface area (Å²) in [5, 5.41) is 7.83. The number of aromatic nitrogens is 4. The molecule has 2 aromatic heterocycles. The molecule has 0 aliphatic carbocycles. The molecule has 0 unspecified atom stereocenters. The zero-order chi connectivity index (χ0) is 13.8. The van der Waals surface area contributed by atoms with E-state index >= 15 is 0 Å². The number of carbonyl (C=O) groups excluding carboxylic acids is 1. The van der Waals surface area contributed by atoms with Gasteiger partial charge in [-0.05, 0) is 6.92 Å². The van der Waals surface area contributed by atoms with Crippen molar-refractivity contribution in [3.63, 3.8) is 0 Å². The number of ether oxygens (including phenoxy) is 2. The summed E-state index contributed by atoms with van der Waals surface area (Å²) < 4.78 is 16.3. The lowest BCUT2D eigenvalue weighted by atomic mass is 10.3. The first-order chi connectivity index (χ1) is 9.15. The van der Waals surface area contributed by atoms with E-state index in [1.54, 1.807) is 27.1 Å². The number of rotatable bonds is 5. The maximum Gasteiger partial charge on any atom is 0.378 e. The van der Waals surface area contributed by atoms with Crippen molar-refractivity contribution in [3.8, 4) is 11.5 Å². The van der Waals surface area contributed by atoms with Crippen LogP contribution in [0.3, 0.4) is 0 Å². The number of hydrogen-bond donors (Lipinski definition) is 0. The van der Waals surface area contributed by atoms with Crippen LogP contribution in [0.5, 0.6) is 0 Å². The third-order valence-corrected chi connectivity index (χ3v) is 2.30. The minimum atomic E-state index is -0.565. The van der Waals surface area contributed by atoms with E-state index in [0.29, 0.717) is 23.9 Å². The molecule has 0 fully saturated rings. The second kappa shape index (κ2) is 5.61. The molecular formula is C11H14N4O4. The van der Waals surface area contributed by atoms with Crippen LogP contribution in [-0.4, -0.2) is 39.6 Å². The molecule has 0 amide bonds. The Bertz CT molecular complexity index is 575. The van der Waals surface area contributed by atoms with Crippen LogP contribution in [0.4, 0.5) is 0 Å². The third-order valence-electron chi connectivity index (χ3n) is 2.30. The van der Waals surface area contributed by atoms with Gasteiger partial charge in [0.05, 0.1) is 6.61 Å². The average Bonchev–Trinajstić information content (AvgIpc) is 2.96. The molecule has 0 aliphatic rings. The van der Waals surface area contributed by atoms with Crippen molar-refractivity contribution in [2.45, 2.75) is 13.5 Å². The van der Waals surface area contributed by atoms with Crippen molar-refractivity contribution in [2.24, 2.45) is 7.05 Å². The standard InChI is InChI=1S/C11H14N4O4/c1-4-18-11(16)9-12-10(15(2)13-9)8-5-7(6-17-3)19-14-8/h5H,4,6H2,1-3H3. The maximum absolute atomic E-state index is 11.5. The van der Waals surface area contributed by atoms with Crippen LogP contribution in [-0.2, 0) is 23.1 Å². The molecular weight excluding hydrogens is 252 g/mol. The Morgan fingerprint density at radius 3 is 3.00 bits per heavy atom. The highest BCUT2D eigenvalue weighted by molar-refractivity contribution is 5.85. The molecule has 8 nitrogen and oxygen atoms in total. The van der Waals surface area contributed by atoms with E-state index in [-0.39, 0.29) is 12.4 Å². The minimum Gasteiger partial charge on any atom is -0.460 e. The fourth-order valence-electron chi connectivity index (χ4n) is 1.52. The Balaban J connectivity index is 2.26. The van der Waals surface area contributed by atoms with Crippen LogP contribution in [0, 0.1) is 0 Å². The van der Waals surface area contributed by atoms with E-state index < -0.39 is 5.97 Å². The van der Waals surface area contributed by atoms with Gasteiger partial charge < -0.3 is 14.0 Å². The Morgan fingerprint density at radius 2 is 2.32 bits per heavy atom. The molecule has 0 saturated heterocycles. The number of nitrogens with zero attached hydrogens (tertiary/aromatic N) is 4. The number of hydrogen-bond acceptors (Lipinski definition) is 7. The predicted octanol–water partition coefficient (Wildman–Crippen LogP) is 0.793. The monoisotopic (exact) mass is 266 g/mol.